The standard InChI is InChI=1S/C8H9BrO2/c1-11-8-6(5-9)3-2-4-7(8)10/h2-4,10H,5H2,1H3. The van der Waals surface area contributed by atoms with Crippen molar-refractivity contribution in [1.82, 2.24) is 0 Å². The van der Waals surface area contributed by atoms with Crippen molar-refractivity contribution in [1.29, 1.82) is 0 Å². The van der Waals surface area contributed by atoms with Crippen LogP contribution in [0.4, 0.5) is 0 Å². The molecule has 0 aromatic heterocycles. The number of methoxy groups -OCH3 is 1. The monoisotopic (exact) mass is 216 g/mol. The van der Waals surface area contributed by atoms with Gasteiger partial charge in [0.2, 0.25) is 0 Å². The Labute approximate surface area is 73.9 Å². The highest BCUT2D eigenvalue weighted by molar-refractivity contribution is 9.08. The molecule has 2 nitrogen and oxygen atoms in total. The van der Waals surface area contributed by atoms with Gasteiger partial charge >= 0.3 is 0 Å². The van der Waals surface area contributed by atoms with E-state index in [0.717, 1.165) is 5.56 Å². The van der Waals surface area contributed by atoms with Crippen molar-refractivity contribution in [2.24, 2.45) is 0 Å². The van der Waals surface area contributed by atoms with Gasteiger partial charge in [-0.2, -0.15) is 0 Å². The summed E-state index contributed by atoms with van der Waals surface area (Å²) in [5.74, 6) is 0.730. The highest BCUT2D eigenvalue weighted by Crippen LogP contribution is 2.30. The van der Waals surface area contributed by atoms with E-state index in [1.807, 2.05) is 6.07 Å². The van der Waals surface area contributed by atoms with E-state index < -0.39 is 0 Å². The van der Waals surface area contributed by atoms with Gasteiger partial charge in [0.25, 0.3) is 0 Å². The van der Waals surface area contributed by atoms with E-state index in [-0.39, 0.29) is 5.75 Å². The maximum atomic E-state index is 9.28. The lowest BCUT2D eigenvalue weighted by Crippen LogP contribution is -1.88. The molecule has 1 N–H and O–H groups in total. The van der Waals surface area contributed by atoms with E-state index in [9.17, 15) is 5.11 Å². The van der Waals surface area contributed by atoms with E-state index in [2.05, 4.69) is 15.9 Å². The van der Waals surface area contributed by atoms with Gasteiger partial charge < -0.3 is 9.84 Å². The first kappa shape index (κ1) is 8.40. The molecular formula is C8H9BrO2. The molecule has 0 bridgehead atoms. The van der Waals surface area contributed by atoms with Crippen molar-refractivity contribution < 1.29 is 9.84 Å². The van der Waals surface area contributed by atoms with Crippen molar-refractivity contribution >= 4 is 15.9 Å². The van der Waals surface area contributed by atoms with Crippen LogP contribution in [0.2, 0.25) is 0 Å². The summed E-state index contributed by atoms with van der Waals surface area (Å²) in [6.07, 6.45) is 0. The number of rotatable bonds is 2. The molecule has 0 fully saturated rings. The smallest absolute Gasteiger partial charge is 0.164 e. The minimum Gasteiger partial charge on any atom is -0.504 e. The Morgan fingerprint density at radius 1 is 1.55 bits per heavy atom. The van der Waals surface area contributed by atoms with Crippen molar-refractivity contribution in [3.05, 3.63) is 23.8 Å². The van der Waals surface area contributed by atoms with Crippen molar-refractivity contribution in [3.8, 4) is 11.5 Å². The summed E-state index contributed by atoms with van der Waals surface area (Å²) in [7, 11) is 1.54. The Kier molecular flexibility index (Phi) is 2.76. The predicted octanol–water partition coefficient (Wildman–Crippen LogP) is 2.30. The molecule has 0 aliphatic rings. The van der Waals surface area contributed by atoms with Gasteiger partial charge in [-0.3, -0.25) is 0 Å². The van der Waals surface area contributed by atoms with Crippen LogP contribution in [0.15, 0.2) is 18.2 Å². The summed E-state index contributed by atoms with van der Waals surface area (Å²) in [5, 5.41) is 9.96. The molecule has 11 heavy (non-hydrogen) atoms. The molecule has 0 saturated heterocycles. The summed E-state index contributed by atoms with van der Waals surface area (Å²) < 4.78 is 4.99. The average molecular weight is 217 g/mol. The maximum absolute atomic E-state index is 9.28. The van der Waals surface area contributed by atoms with E-state index in [1.54, 1.807) is 19.2 Å². The minimum atomic E-state index is 0.185. The van der Waals surface area contributed by atoms with E-state index in [1.165, 1.54) is 0 Å². The number of benzene rings is 1. The number of hydrogen-bond acceptors (Lipinski definition) is 2. The quantitative estimate of drug-likeness (QED) is 0.770. The highest BCUT2D eigenvalue weighted by atomic mass is 79.9. The number of alkyl halides is 1. The minimum absolute atomic E-state index is 0.185. The summed E-state index contributed by atoms with van der Waals surface area (Å²) in [4.78, 5) is 0. The molecule has 1 aromatic rings. The number of halogens is 1. The second-order valence-corrected chi connectivity index (χ2v) is 2.66. The van der Waals surface area contributed by atoms with Crippen LogP contribution in [0, 0.1) is 0 Å². The van der Waals surface area contributed by atoms with Crippen molar-refractivity contribution in [2.75, 3.05) is 7.11 Å². The first-order valence-corrected chi connectivity index (χ1v) is 4.32. The lowest BCUT2D eigenvalue weighted by Gasteiger charge is -2.06. The summed E-state index contributed by atoms with van der Waals surface area (Å²) >= 11 is 3.29. The van der Waals surface area contributed by atoms with Crippen LogP contribution in [-0.4, -0.2) is 12.2 Å². The van der Waals surface area contributed by atoms with Crippen LogP contribution in [0.1, 0.15) is 5.56 Å². The maximum Gasteiger partial charge on any atom is 0.164 e. The van der Waals surface area contributed by atoms with Gasteiger partial charge in [-0.25, -0.2) is 0 Å². The summed E-state index contributed by atoms with van der Waals surface area (Å²) in [6, 6.07) is 5.28. The van der Waals surface area contributed by atoms with Crippen LogP contribution in [-0.2, 0) is 5.33 Å². The Morgan fingerprint density at radius 3 is 2.73 bits per heavy atom. The van der Waals surface area contributed by atoms with E-state index in [0.29, 0.717) is 11.1 Å². The largest absolute Gasteiger partial charge is 0.504 e. The molecule has 1 rings (SSSR count). The zero-order chi connectivity index (χ0) is 8.27. The zero-order valence-corrected chi connectivity index (χ0v) is 7.76. The second kappa shape index (κ2) is 3.62. The molecule has 60 valence electrons. The van der Waals surface area contributed by atoms with Gasteiger partial charge in [0.15, 0.2) is 11.5 Å². The summed E-state index contributed by atoms with van der Waals surface area (Å²) in [5.41, 5.74) is 0.951. The van der Waals surface area contributed by atoms with Crippen LogP contribution < -0.4 is 4.74 Å². The van der Waals surface area contributed by atoms with Crippen LogP contribution in [0.3, 0.4) is 0 Å². The Balaban J connectivity index is 3.13. The fourth-order valence-electron chi connectivity index (χ4n) is 0.912. The fourth-order valence-corrected chi connectivity index (χ4v) is 1.35. The lowest BCUT2D eigenvalue weighted by molar-refractivity contribution is 0.370. The Hall–Kier alpha value is -0.700. The van der Waals surface area contributed by atoms with Crippen LogP contribution in [0.25, 0.3) is 0 Å². The van der Waals surface area contributed by atoms with Gasteiger partial charge in [-0.15, -0.1) is 0 Å². The van der Waals surface area contributed by atoms with E-state index >= 15 is 0 Å². The molecule has 0 aliphatic heterocycles. The number of para-hydroxylation sites is 1. The van der Waals surface area contributed by atoms with Crippen LogP contribution >= 0.6 is 15.9 Å². The Bertz CT molecular complexity index is 248. The third-order valence-electron chi connectivity index (χ3n) is 1.42. The lowest BCUT2D eigenvalue weighted by atomic mass is 10.2. The molecule has 3 heteroatoms. The van der Waals surface area contributed by atoms with Gasteiger partial charge in [-0.05, 0) is 6.07 Å². The zero-order valence-electron chi connectivity index (χ0n) is 6.17. The van der Waals surface area contributed by atoms with Gasteiger partial charge in [0.1, 0.15) is 0 Å². The molecule has 0 heterocycles. The average Bonchev–Trinajstić information content (AvgIpc) is 2.04. The molecule has 0 atom stereocenters. The molecular weight excluding hydrogens is 208 g/mol. The van der Waals surface area contributed by atoms with Crippen molar-refractivity contribution in [2.45, 2.75) is 5.33 Å². The molecule has 0 saturated carbocycles. The molecule has 0 amide bonds. The molecule has 1 aromatic carbocycles. The van der Waals surface area contributed by atoms with Gasteiger partial charge in [-0.1, -0.05) is 28.1 Å². The first-order chi connectivity index (χ1) is 5.29. The molecule has 0 aliphatic carbocycles. The number of aromatic hydroxyl groups is 1. The molecule has 0 spiro atoms. The molecule has 0 radical (unpaired) electrons. The normalized spacial score (nSPS) is 9.64. The highest BCUT2D eigenvalue weighted by Gasteiger charge is 2.04. The number of phenols is 1. The number of phenolic OH excluding ortho intramolecular Hbond substituents is 1. The predicted molar refractivity (Wildman–Crippen MR) is 47.3 cm³/mol. The number of ether oxygens (including phenoxy) is 1. The van der Waals surface area contributed by atoms with Crippen LogP contribution in [0.5, 0.6) is 11.5 Å². The topological polar surface area (TPSA) is 29.5 Å². The third kappa shape index (κ3) is 1.66. The third-order valence-corrected chi connectivity index (χ3v) is 2.03. The Morgan fingerprint density at radius 2 is 2.27 bits per heavy atom. The van der Waals surface area contributed by atoms with E-state index in [4.69, 9.17) is 4.74 Å². The van der Waals surface area contributed by atoms with Gasteiger partial charge in [0, 0.05) is 10.9 Å². The number of hydrogen-bond donors (Lipinski definition) is 1. The van der Waals surface area contributed by atoms with Crippen molar-refractivity contribution in [3.63, 3.8) is 0 Å². The fraction of sp³-hybridized carbons (Fsp3) is 0.250. The molecule has 0 unspecified atom stereocenters. The first-order valence-electron chi connectivity index (χ1n) is 3.20. The second-order valence-electron chi connectivity index (χ2n) is 2.10. The summed E-state index contributed by atoms with van der Waals surface area (Å²) in [6.45, 7) is 0. The van der Waals surface area contributed by atoms with Gasteiger partial charge in [0.05, 0.1) is 7.11 Å². The SMILES string of the molecule is COc1c(O)cccc1CBr.